The molecular formula is C35H32Cl2F4N2O5. The highest BCUT2D eigenvalue weighted by molar-refractivity contribution is 6.34. The van der Waals surface area contributed by atoms with Crippen LogP contribution in [0.25, 0.3) is 0 Å². The summed E-state index contributed by atoms with van der Waals surface area (Å²) < 4.78 is 63.7. The normalized spacial score (nSPS) is 19.8. The van der Waals surface area contributed by atoms with Crippen LogP contribution in [0.2, 0.25) is 10.0 Å². The molecule has 1 saturated carbocycles. The molecule has 48 heavy (non-hydrogen) atoms. The molecule has 0 aromatic heterocycles. The van der Waals surface area contributed by atoms with Gasteiger partial charge in [0.05, 0.1) is 18.2 Å². The van der Waals surface area contributed by atoms with E-state index < -0.39 is 35.9 Å². The minimum atomic E-state index is -5.37. The summed E-state index contributed by atoms with van der Waals surface area (Å²) in [6.45, 7) is 3.68. The number of likely N-dealkylation sites (tertiary alicyclic amines) is 2. The van der Waals surface area contributed by atoms with Crippen molar-refractivity contribution in [2.45, 2.75) is 56.8 Å². The van der Waals surface area contributed by atoms with Crippen molar-refractivity contribution in [2.75, 3.05) is 26.2 Å². The van der Waals surface area contributed by atoms with Gasteiger partial charge in [0.25, 0.3) is 5.91 Å². The molecular weight excluding hydrogens is 675 g/mol. The Balaban J connectivity index is 1.16. The van der Waals surface area contributed by atoms with Crippen LogP contribution in [0.3, 0.4) is 0 Å². The smallest absolute Gasteiger partial charge is 0.491 e. The van der Waals surface area contributed by atoms with Crippen LogP contribution in [0.4, 0.5) is 17.6 Å². The van der Waals surface area contributed by atoms with Crippen LogP contribution in [-0.4, -0.2) is 66.1 Å². The quantitative estimate of drug-likeness (QED) is 0.129. The number of nitrogens with zero attached hydrogens (tertiary/aromatic N) is 2. The number of benzene rings is 3. The van der Waals surface area contributed by atoms with Gasteiger partial charge in [0, 0.05) is 41.2 Å². The number of carbonyl (C=O) groups is 3. The standard InChI is InChI=1S/C35H32Cl2F4N2O5/c1-34(17-42(18-34)30(21-6-3-2-4-7-21)22-12-23(36)14-24(37)13-22)19-47-29-16-27(38)26(15-25(29)20-9-10-20)31(44)43-11-5-8-28(43)32(45)48-33(46)35(39,40)41/h2-4,6-7,12-16,20,28,30H,5,8-11,17-19H2,1H3. The van der Waals surface area contributed by atoms with E-state index in [2.05, 4.69) is 28.7 Å². The number of rotatable bonds is 9. The molecule has 2 atom stereocenters. The van der Waals surface area contributed by atoms with Crippen LogP contribution in [0.15, 0.2) is 60.7 Å². The summed E-state index contributed by atoms with van der Waals surface area (Å²) in [5, 5.41) is 1.08. The lowest BCUT2D eigenvalue weighted by Gasteiger charge is -2.51. The lowest BCUT2D eigenvalue weighted by molar-refractivity contribution is -0.203. The number of hydrogen-bond acceptors (Lipinski definition) is 6. The van der Waals surface area contributed by atoms with Crippen LogP contribution >= 0.6 is 23.2 Å². The Morgan fingerprint density at radius 2 is 1.62 bits per heavy atom. The van der Waals surface area contributed by atoms with E-state index in [9.17, 15) is 27.6 Å². The molecule has 2 heterocycles. The average molecular weight is 708 g/mol. The Bertz CT molecular complexity index is 1710. The van der Waals surface area contributed by atoms with E-state index >= 15 is 4.39 Å². The molecule has 3 aromatic rings. The average Bonchev–Trinajstić information content (AvgIpc) is 3.73. The summed E-state index contributed by atoms with van der Waals surface area (Å²) in [7, 11) is 0. The van der Waals surface area contributed by atoms with Crippen molar-refractivity contribution >= 4 is 41.0 Å². The molecule has 0 N–H and O–H groups in total. The fraction of sp³-hybridized carbons (Fsp3) is 0.400. The minimum Gasteiger partial charge on any atom is -0.493 e. The highest BCUT2D eigenvalue weighted by atomic mass is 35.5. The monoisotopic (exact) mass is 706 g/mol. The van der Waals surface area contributed by atoms with Gasteiger partial charge in [-0.1, -0.05) is 60.5 Å². The topological polar surface area (TPSA) is 76.1 Å². The molecule has 13 heteroatoms. The molecule has 7 nitrogen and oxygen atoms in total. The van der Waals surface area contributed by atoms with Crippen LogP contribution in [-0.2, 0) is 14.3 Å². The number of ether oxygens (including phenoxy) is 2. The van der Waals surface area contributed by atoms with E-state index in [1.54, 1.807) is 6.07 Å². The Kier molecular flexibility index (Phi) is 9.50. The Labute approximate surface area is 284 Å². The lowest BCUT2D eigenvalue weighted by atomic mass is 9.79. The zero-order chi connectivity index (χ0) is 34.4. The summed E-state index contributed by atoms with van der Waals surface area (Å²) in [6.07, 6.45) is -3.47. The number of carbonyl (C=O) groups excluding carboxylic acids is 3. The van der Waals surface area contributed by atoms with Crippen LogP contribution < -0.4 is 4.74 Å². The second-order valence-corrected chi connectivity index (χ2v) is 13.9. The Hall–Kier alpha value is -3.67. The first-order chi connectivity index (χ1) is 22.7. The number of alkyl halides is 3. The summed E-state index contributed by atoms with van der Waals surface area (Å²) in [6, 6.07) is 16.5. The van der Waals surface area contributed by atoms with Crippen molar-refractivity contribution in [3.8, 4) is 5.75 Å². The molecule has 3 aliphatic rings. The number of amides is 1. The minimum absolute atomic E-state index is 0.00448. The van der Waals surface area contributed by atoms with Crippen molar-refractivity contribution in [1.29, 1.82) is 0 Å². The first-order valence-electron chi connectivity index (χ1n) is 15.6. The van der Waals surface area contributed by atoms with Gasteiger partial charge in [0.15, 0.2) is 0 Å². The molecule has 2 unspecified atom stereocenters. The maximum atomic E-state index is 15.6. The van der Waals surface area contributed by atoms with Gasteiger partial charge in [-0.3, -0.25) is 9.69 Å². The second-order valence-electron chi connectivity index (χ2n) is 13.0. The fourth-order valence-electron chi connectivity index (χ4n) is 6.64. The maximum Gasteiger partial charge on any atom is 0.491 e. The van der Waals surface area contributed by atoms with E-state index in [4.69, 9.17) is 27.9 Å². The molecule has 3 fully saturated rings. The highest BCUT2D eigenvalue weighted by Gasteiger charge is 2.46. The third-order valence-electron chi connectivity index (χ3n) is 8.98. The predicted molar refractivity (Wildman–Crippen MR) is 170 cm³/mol. The number of halogens is 6. The molecule has 2 aliphatic heterocycles. The SMILES string of the molecule is CC1(COc2cc(F)c(C(=O)N3CCCC3C(=O)OC(=O)C(F)(F)F)cc2C2CC2)CN(C(c2ccccc2)c2cc(Cl)cc(Cl)c2)C1. The second kappa shape index (κ2) is 13.3. The third-order valence-corrected chi connectivity index (χ3v) is 9.42. The largest absolute Gasteiger partial charge is 0.493 e. The van der Waals surface area contributed by atoms with E-state index in [1.807, 2.05) is 30.3 Å². The number of esters is 2. The zero-order valence-corrected chi connectivity index (χ0v) is 27.4. The van der Waals surface area contributed by atoms with E-state index in [0.29, 0.717) is 34.4 Å². The van der Waals surface area contributed by atoms with E-state index in [1.165, 1.54) is 6.07 Å². The van der Waals surface area contributed by atoms with Crippen molar-refractivity contribution < 1.29 is 41.4 Å². The summed E-state index contributed by atoms with van der Waals surface area (Å²) in [4.78, 5) is 40.3. The zero-order valence-electron chi connectivity index (χ0n) is 25.9. The molecule has 3 aromatic carbocycles. The molecule has 1 amide bonds. The van der Waals surface area contributed by atoms with Crippen molar-refractivity contribution in [3.05, 3.63) is 98.8 Å². The molecule has 0 radical (unpaired) electrons. The summed E-state index contributed by atoms with van der Waals surface area (Å²) in [5.74, 6) is -5.54. The fourth-order valence-corrected chi connectivity index (χ4v) is 7.19. The van der Waals surface area contributed by atoms with Crippen LogP contribution in [0.5, 0.6) is 5.75 Å². The Morgan fingerprint density at radius 1 is 0.958 bits per heavy atom. The molecule has 254 valence electrons. The van der Waals surface area contributed by atoms with Crippen molar-refractivity contribution in [1.82, 2.24) is 9.80 Å². The molecule has 1 aliphatic carbocycles. The Morgan fingerprint density at radius 3 is 2.25 bits per heavy atom. The van der Waals surface area contributed by atoms with Gasteiger partial charge in [0.2, 0.25) is 0 Å². The van der Waals surface area contributed by atoms with E-state index in [-0.39, 0.29) is 48.9 Å². The van der Waals surface area contributed by atoms with E-state index in [0.717, 1.165) is 34.9 Å². The highest BCUT2D eigenvalue weighted by Crippen LogP contribution is 2.47. The molecule has 0 spiro atoms. The number of hydrogen-bond donors (Lipinski definition) is 0. The van der Waals surface area contributed by atoms with Gasteiger partial charge < -0.3 is 14.4 Å². The van der Waals surface area contributed by atoms with Crippen molar-refractivity contribution in [2.24, 2.45) is 5.41 Å². The van der Waals surface area contributed by atoms with Gasteiger partial charge in [-0.15, -0.1) is 0 Å². The van der Waals surface area contributed by atoms with Gasteiger partial charge in [-0.2, -0.15) is 13.2 Å². The lowest BCUT2D eigenvalue weighted by Crippen LogP contribution is -2.58. The van der Waals surface area contributed by atoms with Crippen molar-refractivity contribution in [3.63, 3.8) is 0 Å². The first kappa shape index (κ1) is 34.2. The molecule has 6 rings (SSSR count). The van der Waals surface area contributed by atoms with Gasteiger partial charge in [0.1, 0.15) is 17.6 Å². The molecule has 0 bridgehead atoms. The predicted octanol–water partition coefficient (Wildman–Crippen LogP) is 7.74. The molecule has 2 saturated heterocycles. The van der Waals surface area contributed by atoms with Gasteiger partial charge in [-0.05, 0) is 72.6 Å². The van der Waals surface area contributed by atoms with Crippen LogP contribution in [0, 0.1) is 11.2 Å². The summed E-state index contributed by atoms with van der Waals surface area (Å²) in [5.41, 5.74) is 2.09. The third kappa shape index (κ3) is 7.33. The first-order valence-corrected chi connectivity index (χ1v) is 16.3. The van der Waals surface area contributed by atoms with Gasteiger partial charge in [-0.25, -0.2) is 14.0 Å². The van der Waals surface area contributed by atoms with Gasteiger partial charge >= 0.3 is 18.1 Å². The van der Waals surface area contributed by atoms with Crippen LogP contribution in [0.1, 0.15) is 71.6 Å². The summed E-state index contributed by atoms with van der Waals surface area (Å²) >= 11 is 12.7. The maximum absolute atomic E-state index is 15.6.